The smallest absolute Gasteiger partial charge is 0.120 e. The summed E-state index contributed by atoms with van der Waals surface area (Å²) in [5, 5.41) is 10.2. The zero-order chi connectivity index (χ0) is 14.4. The molecule has 2 nitrogen and oxygen atoms in total. The molecular weight excluding hydrogens is 340 g/mol. The van der Waals surface area contributed by atoms with Crippen LogP contribution in [0.25, 0.3) is 0 Å². The first kappa shape index (κ1) is 15.4. The molecule has 0 radical (unpaired) electrons. The van der Waals surface area contributed by atoms with Crippen molar-refractivity contribution in [3.8, 4) is 5.75 Å². The first-order chi connectivity index (χ1) is 9.69. The molecule has 1 atom stereocenters. The number of hydrogen-bond donors (Lipinski definition) is 1. The Balaban J connectivity index is 1.91. The van der Waals surface area contributed by atoms with E-state index in [9.17, 15) is 5.11 Å². The Morgan fingerprint density at radius 1 is 1.15 bits per heavy atom. The van der Waals surface area contributed by atoms with Crippen LogP contribution in [0.3, 0.4) is 0 Å². The van der Waals surface area contributed by atoms with Gasteiger partial charge in [0.15, 0.2) is 0 Å². The number of aliphatic hydroxyl groups excluding tert-OH is 1. The van der Waals surface area contributed by atoms with E-state index in [1.807, 2.05) is 48.5 Å². The fourth-order valence-corrected chi connectivity index (χ4v) is 2.58. The van der Waals surface area contributed by atoms with E-state index in [0.717, 1.165) is 22.2 Å². The van der Waals surface area contributed by atoms with Gasteiger partial charge in [0, 0.05) is 15.4 Å². The summed E-state index contributed by atoms with van der Waals surface area (Å²) in [6, 6.07) is 15.3. The van der Waals surface area contributed by atoms with Crippen molar-refractivity contribution in [2.75, 3.05) is 13.2 Å². The Bertz CT molecular complexity index is 560. The van der Waals surface area contributed by atoms with Crippen molar-refractivity contribution < 1.29 is 9.84 Å². The molecule has 20 heavy (non-hydrogen) atoms. The Kier molecular flexibility index (Phi) is 5.89. The molecule has 0 heterocycles. The predicted octanol–water partition coefficient (Wildman–Crippen LogP) is 4.65. The van der Waals surface area contributed by atoms with Gasteiger partial charge in [0.25, 0.3) is 0 Å². The number of hydrogen-bond acceptors (Lipinski definition) is 2. The third kappa shape index (κ3) is 4.51. The Morgan fingerprint density at radius 3 is 2.65 bits per heavy atom. The van der Waals surface area contributed by atoms with Gasteiger partial charge in [0.05, 0.1) is 13.2 Å². The van der Waals surface area contributed by atoms with Gasteiger partial charge >= 0.3 is 0 Å². The molecular formula is C16H16BrClO2. The maximum absolute atomic E-state index is 9.51. The lowest BCUT2D eigenvalue weighted by molar-refractivity contribution is 0.229. The van der Waals surface area contributed by atoms with Crippen molar-refractivity contribution in [2.45, 2.75) is 12.3 Å². The molecule has 0 fully saturated rings. The molecule has 0 aliphatic rings. The van der Waals surface area contributed by atoms with Crippen LogP contribution in [-0.4, -0.2) is 18.3 Å². The minimum Gasteiger partial charge on any atom is -0.494 e. The molecule has 0 aliphatic heterocycles. The van der Waals surface area contributed by atoms with Gasteiger partial charge in [-0.25, -0.2) is 0 Å². The van der Waals surface area contributed by atoms with E-state index < -0.39 is 0 Å². The van der Waals surface area contributed by atoms with E-state index >= 15 is 0 Å². The number of benzene rings is 2. The second-order valence-electron chi connectivity index (χ2n) is 4.53. The summed E-state index contributed by atoms with van der Waals surface area (Å²) in [7, 11) is 0. The third-order valence-electron chi connectivity index (χ3n) is 3.07. The summed E-state index contributed by atoms with van der Waals surface area (Å²) in [5.41, 5.74) is 1.04. The van der Waals surface area contributed by atoms with Gasteiger partial charge in [-0.05, 0) is 42.3 Å². The lowest BCUT2D eigenvalue weighted by Crippen LogP contribution is -2.09. The minimum atomic E-state index is 0.0425. The molecule has 0 saturated heterocycles. The molecule has 0 spiro atoms. The van der Waals surface area contributed by atoms with Crippen LogP contribution >= 0.6 is 27.5 Å². The molecule has 106 valence electrons. The minimum absolute atomic E-state index is 0.0425. The maximum atomic E-state index is 9.51. The van der Waals surface area contributed by atoms with E-state index in [2.05, 4.69) is 15.9 Å². The summed E-state index contributed by atoms with van der Waals surface area (Å²) in [4.78, 5) is 0. The lowest BCUT2D eigenvalue weighted by Gasteiger charge is -2.15. The molecule has 0 aliphatic carbocycles. The number of halogens is 2. The van der Waals surface area contributed by atoms with Crippen LogP contribution in [-0.2, 0) is 0 Å². The Labute approximate surface area is 132 Å². The van der Waals surface area contributed by atoms with Crippen LogP contribution in [0, 0.1) is 0 Å². The second-order valence-corrected chi connectivity index (χ2v) is 5.88. The summed E-state index contributed by atoms with van der Waals surface area (Å²) >= 11 is 9.38. The van der Waals surface area contributed by atoms with Crippen LogP contribution in [0.1, 0.15) is 17.9 Å². The van der Waals surface area contributed by atoms with Crippen molar-refractivity contribution >= 4 is 27.5 Å². The van der Waals surface area contributed by atoms with Gasteiger partial charge in [0.2, 0.25) is 0 Å². The molecule has 0 bridgehead atoms. The fraction of sp³-hybridized carbons (Fsp3) is 0.250. The average Bonchev–Trinajstić information content (AvgIpc) is 2.44. The van der Waals surface area contributed by atoms with Gasteiger partial charge in [0.1, 0.15) is 5.75 Å². The van der Waals surface area contributed by atoms with Crippen LogP contribution in [0.4, 0.5) is 0 Å². The van der Waals surface area contributed by atoms with Gasteiger partial charge in [-0.15, -0.1) is 0 Å². The maximum Gasteiger partial charge on any atom is 0.120 e. The largest absolute Gasteiger partial charge is 0.494 e. The molecule has 2 rings (SSSR count). The molecule has 0 aromatic heterocycles. The topological polar surface area (TPSA) is 29.5 Å². The van der Waals surface area contributed by atoms with Crippen LogP contribution < -0.4 is 4.74 Å². The van der Waals surface area contributed by atoms with Crippen molar-refractivity contribution in [2.24, 2.45) is 0 Å². The predicted molar refractivity (Wildman–Crippen MR) is 85.5 cm³/mol. The van der Waals surface area contributed by atoms with E-state index in [1.165, 1.54) is 0 Å². The highest BCUT2D eigenvalue weighted by Gasteiger charge is 2.11. The monoisotopic (exact) mass is 354 g/mol. The number of aliphatic hydroxyl groups is 1. The third-order valence-corrected chi connectivity index (χ3v) is 3.80. The summed E-state index contributed by atoms with van der Waals surface area (Å²) < 4.78 is 6.69. The van der Waals surface area contributed by atoms with Crippen molar-refractivity contribution in [3.05, 3.63) is 63.6 Å². The normalized spacial score (nSPS) is 12.2. The number of ether oxygens (including phenoxy) is 1. The molecule has 0 saturated carbocycles. The highest BCUT2D eigenvalue weighted by atomic mass is 79.9. The molecule has 2 aromatic carbocycles. The first-order valence-electron chi connectivity index (χ1n) is 6.43. The lowest BCUT2D eigenvalue weighted by atomic mass is 9.97. The Morgan fingerprint density at radius 2 is 1.95 bits per heavy atom. The molecule has 1 unspecified atom stereocenters. The summed E-state index contributed by atoms with van der Waals surface area (Å²) in [6.45, 7) is 0.635. The SMILES string of the molecule is OCC(CCOc1cccc(Br)c1)c1cccc(Cl)c1. The van der Waals surface area contributed by atoms with Gasteiger partial charge < -0.3 is 9.84 Å². The fourth-order valence-electron chi connectivity index (χ4n) is 2.00. The van der Waals surface area contributed by atoms with Crippen molar-refractivity contribution in [3.63, 3.8) is 0 Å². The van der Waals surface area contributed by atoms with Crippen LogP contribution in [0.15, 0.2) is 53.0 Å². The molecule has 4 heteroatoms. The highest BCUT2D eigenvalue weighted by molar-refractivity contribution is 9.10. The summed E-state index contributed by atoms with van der Waals surface area (Å²) in [5.74, 6) is 0.864. The zero-order valence-electron chi connectivity index (χ0n) is 10.9. The Hall–Kier alpha value is -1.03. The van der Waals surface area contributed by atoms with E-state index in [4.69, 9.17) is 16.3 Å². The van der Waals surface area contributed by atoms with Crippen LogP contribution in [0.2, 0.25) is 5.02 Å². The average molecular weight is 356 g/mol. The number of rotatable bonds is 6. The van der Waals surface area contributed by atoms with Gasteiger partial charge in [-0.1, -0.05) is 45.7 Å². The molecule has 1 N–H and O–H groups in total. The van der Waals surface area contributed by atoms with Gasteiger partial charge in [-0.3, -0.25) is 0 Å². The highest BCUT2D eigenvalue weighted by Crippen LogP contribution is 2.23. The first-order valence-corrected chi connectivity index (χ1v) is 7.61. The zero-order valence-corrected chi connectivity index (χ0v) is 13.3. The quantitative estimate of drug-likeness (QED) is 0.817. The standard InChI is InChI=1S/C16H16BrClO2/c17-14-4-2-6-16(10-14)20-8-7-13(11-19)12-3-1-5-15(18)9-12/h1-6,9-10,13,19H,7-8,11H2. The second kappa shape index (κ2) is 7.67. The summed E-state index contributed by atoms with van der Waals surface area (Å²) in [6.07, 6.45) is 0.739. The van der Waals surface area contributed by atoms with E-state index in [-0.39, 0.29) is 12.5 Å². The van der Waals surface area contributed by atoms with Gasteiger partial charge in [-0.2, -0.15) is 0 Å². The van der Waals surface area contributed by atoms with E-state index in [0.29, 0.717) is 11.6 Å². The molecule has 2 aromatic rings. The van der Waals surface area contributed by atoms with Crippen LogP contribution in [0.5, 0.6) is 5.75 Å². The van der Waals surface area contributed by atoms with E-state index in [1.54, 1.807) is 0 Å². The van der Waals surface area contributed by atoms with Crippen molar-refractivity contribution in [1.82, 2.24) is 0 Å². The van der Waals surface area contributed by atoms with Crippen molar-refractivity contribution in [1.29, 1.82) is 0 Å². The molecule has 0 amide bonds.